The fraction of sp³-hybridized carbons (Fsp3) is 0.533. The molecule has 0 saturated heterocycles. The summed E-state index contributed by atoms with van der Waals surface area (Å²) in [5.41, 5.74) is 2.80. The van der Waals surface area contributed by atoms with Crippen LogP contribution >= 0.6 is 0 Å². The van der Waals surface area contributed by atoms with Gasteiger partial charge in [0.05, 0.1) is 6.10 Å². The molecule has 3 N–H and O–H groups in total. The van der Waals surface area contributed by atoms with Crippen LogP contribution in [0, 0.1) is 6.92 Å². The zero-order valence-corrected chi connectivity index (χ0v) is 11.6. The number of hydrogen-bond acceptors (Lipinski definition) is 3. The monoisotopic (exact) mass is 262 g/mol. The molecule has 2 rings (SSSR count). The van der Waals surface area contributed by atoms with E-state index in [2.05, 4.69) is 10.6 Å². The van der Waals surface area contributed by atoms with E-state index < -0.39 is 0 Å². The largest absolute Gasteiger partial charge is 0.393 e. The van der Waals surface area contributed by atoms with Gasteiger partial charge in [-0.05, 0) is 56.4 Å². The van der Waals surface area contributed by atoms with Crippen molar-refractivity contribution < 1.29 is 9.90 Å². The molecule has 1 amide bonds. The van der Waals surface area contributed by atoms with E-state index in [1.807, 2.05) is 32.2 Å². The molecule has 1 saturated carbocycles. The Morgan fingerprint density at radius 3 is 2.53 bits per heavy atom. The number of anilines is 1. The number of aliphatic hydroxyl groups is 1. The standard InChI is InChI=1S/C15H22N2O2/c1-10-9-11(3-8-14(10)16-2)15(19)17-12-4-6-13(18)7-5-12/h3,8-9,12-13,16,18H,4-7H2,1-2H3,(H,17,19). The first kappa shape index (κ1) is 13.9. The van der Waals surface area contributed by atoms with Gasteiger partial charge in [0.2, 0.25) is 0 Å². The smallest absolute Gasteiger partial charge is 0.251 e. The van der Waals surface area contributed by atoms with Crippen molar-refractivity contribution in [2.24, 2.45) is 0 Å². The van der Waals surface area contributed by atoms with Crippen LogP contribution in [0.4, 0.5) is 5.69 Å². The van der Waals surface area contributed by atoms with E-state index in [-0.39, 0.29) is 18.1 Å². The van der Waals surface area contributed by atoms with Crippen LogP contribution in [-0.2, 0) is 0 Å². The molecule has 0 aliphatic heterocycles. The molecule has 1 aromatic carbocycles. The van der Waals surface area contributed by atoms with E-state index in [1.165, 1.54) is 0 Å². The molecule has 1 fully saturated rings. The Morgan fingerprint density at radius 1 is 1.26 bits per heavy atom. The first-order chi connectivity index (χ1) is 9.10. The predicted octanol–water partition coefficient (Wildman–Crippen LogP) is 2.07. The van der Waals surface area contributed by atoms with E-state index in [4.69, 9.17) is 0 Å². The summed E-state index contributed by atoms with van der Waals surface area (Å²) in [6.07, 6.45) is 3.09. The lowest BCUT2D eigenvalue weighted by Gasteiger charge is -2.26. The van der Waals surface area contributed by atoms with Crippen LogP contribution in [-0.4, -0.2) is 30.2 Å². The minimum Gasteiger partial charge on any atom is -0.393 e. The summed E-state index contributed by atoms with van der Waals surface area (Å²) in [4.78, 5) is 12.2. The molecule has 1 aliphatic rings. The highest BCUT2D eigenvalue weighted by molar-refractivity contribution is 5.95. The molecule has 0 heterocycles. The van der Waals surface area contributed by atoms with E-state index in [9.17, 15) is 9.90 Å². The lowest BCUT2D eigenvalue weighted by Crippen LogP contribution is -2.38. The Morgan fingerprint density at radius 2 is 1.95 bits per heavy atom. The molecule has 0 radical (unpaired) electrons. The molecule has 104 valence electrons. The van der Waals surface area contributed by atoms with E-state index >= 15 is 0 Å². The Balaban J connectivity index is 1.98. The molecule has 0 spiro atoms. The third kappa shape index (κ3) is 3.47. The van der Waals surface area contributed by atoms with Gasteiger partial charge in [-0.25, -0.2) is 0 Å². The van der Waals surface area contributed by atoms with Gasteiger partial charge in [-0.2, -0.15) is 0 Å². The summed E-state index contributed by atoms with van der Waals surface area (Å²) < 4.78 is 0. The number of carbonyl (C=O) groups is 1. The van der Waals surface area contributed by atoms with Crippen molar-refractivity contribution in [1.82, 2.24) is 5.32 Å². The first-order valence-electron chi connectivity index (χ1n) is 6.87. The molecule has 0 atom stereocenters. The zero-order valence-electron chi connectivity index (χ0n) is 11.6. The molecular formula is C15H22N2O2. The van der Waals surface area contributed by atoms with Crippen LogP contribution < -0.4 is 10.6 Å². The molecule has 0 aromatic heterocycles. The maximum absolute atomic E-state index is 12.2. The van der Waals surface area contributed by atoms with E-state index in [0.717, 1.165) is 36.9 Å². The van der Waals surface area contributed by atoms with E-state index in [1.54, 1.807) is 0 Å². The zero-order chi connectivity index (χ0) is 13.8. The normalized spacial score (nSPS) is 22.9. The van der Waals surface area contributed by atoms with Gasteiger partial charge in [0.25, 0.3) is 5.91 Å². The highest BCUT2D eigenvalue weighted by Crippen LogP contribution is 2.20. The lowest BCUT2D eigenvalue weighted by molar-refractivity contribution is 0.0867. The van der Waals surface area contributed by atoms with Gasteiger partial charge in [-0.1, -0.05) is 0 Å². The Kier molecular flexibility index (Phi) is 4.43. The first-order valence-corrected chi connectivity index (χ1v) is 6.87. The SMILES string of the molecule is CNc1ccc(C(=O)NC2CCC(O)CC2)cc1C. The molecule has 19 heavy (non-hydrogen) atoms. The van der Waals surface area contributed by atoms with Gasteiger partial charge < -0.3 is 15.7 Å². The Hall–Kier alpha value is -1.55. The number of benzene rings is 1. The quantitative estimate of drug-likeness (QED) is 0.781. The molecular weight excluding hydrogens is 240 g/mol. The second kappa shape index (κ2) is 6.06. The summed E-state index contributed by atoms with van der Waals surface area (Å²) in [6.45, 7) is 1.99. The van der Waals surface area contributed by atoms with Crippen LogP contribution in [0.3, 0.4) is 0 Å². The lowest BCUT2D eigenvalue weighted by atomic mass is 9.93. The maximum atomic E-state index is 12.2. The number of carbonyl (C=O) groups excluding carboxylic acids is 1. The molecule has 4 heteroatoms. The van der Waals surface area contributed by atoms with Crippen LogP contribution in [0.1, 0.15) is 41.6 Å². The van der Waals surface area contributed by atoms with Crippen molar-refractivity contribution in [2.75, 3.05) is 12.4 Å². The van der Waals surface area contributed by atoms with Gasteiger partial charge in [0, 0.05) is 24.3 Å². The second-order valence-electron chi connectivity index (χ2n) is 5.26. The maximum Gasteiger partial charge on any atom is 0.251 e. The summed E-state index contributed by atoms with van der Waals surface area (Å²) >= 11 is 0. The third-order valence-corrected chi connectivity index (χ3v) is 3.79. The van der Waals surface area contributed by atoms with Crippen molar-refractivity contribution in [1.29, 1.82) is 0 Å². The fourth-order valence-electron chi connectivity index (χ4n) is 2.57. The van der Waals surface area contributed by atoms with Crippen LogP contribution in [0.15, 0.2) is 18.2 Å². The van der Waals surface area contributed by atoms with Crippen molar-refractivity contribution in [2.45, 2.75) is 44.8 Å². The topological polar surface area (TPSA) is 61.4 Å². The molecule has 1 aliphatic carbocycles. The van der Waals surface area contributed by atoms with Gasteiger partial charge in [-0.3, -0.25) is 4.79 Å². The molecule has 1 aromatic rings. The van der Waals surface area contributed by atoms with Crippen molar-refractivity contribution in [3.8, 4) is 0 Å². The van der Waals surface area contributed by atoms with Gasteiger partial charge in [0.1, 0.15) is 0 Å². The van der Waals surface area contributed by atoms with Crippen molar-refractivity contribution >= 4 is 11.6 Å². The number of aliphatic hydroxyl groups excluding tert-OH is 1. The van der Waals surface area contributed by atoms with Crippen LogP contribution in [0.5, 0.6) is 0 Å². The minimum absolute atomic E-state index is 0.0212. The summed E-state index contributed by atoms with van der Waals surface area (Å²) in [6, 6.07) is 5.86. The summed E-state index contributed by atoms with van der Waals surface area (Å²) in [5.74, 6) is -0.0212. The number of rotatable bonds is 3. The molecule has 0 unspecified atom stereocenters. The van der Waals surface area contributed by atoms with Gasteiger partial charge in [-0.15, -0.1) is 0 Å². The number of hydrogen-bond donors (Lipinski definition) is 3. The molecule has 4 nitrogen and oxygen atoms in total. The van der Waals surface area contributed by atoms with E-state index in [0.29, 0.717) is 5.56 Å². The van der Waals surface area contributed by atoms with Crippen molar-refractivity contribution in [3.05, 3.63) is 29.3 Å². The second-order valence-corrected chi connectivity index (χ2v) is 5.26. The summed E-state index contributed by atoms with van der Waals surface area (Å²) in [7, 11) is 1.87. The molecule has 0 bridgehead atoms. The third-order valence-electron chi connectivity index (χ3n) is 3.79. The number of amides is 1. The highest BCUT2D eigenvalue weighted by atomic mass is 16.3. The highest BCUT2D eigenvalue weighted by Gasteiger charge is 2.21. The summed E-state index contributed by atoms with van der Waals surface area (Å²) in [5, 5.41) is 15.6. The Labute approximate surface area is 114 Å². The minimum atomic E-state index is -0.190. The average Bonchev–Trinajstić information content (AvgIpc) is 2.41. The average molecular weight is 262 g/mol. The van der Waals surface area contributed by atoms with Gasteiger partial charge >= 0.3 is 0 Å². The Bertz CT molecular complexity index is 451. The van der Waals surface area contributed by atoms with Gasteiger partial charge in [0.15, 0.2) is 0 Å². The van der Waals surface area contributed by atoms with Crippen LogP contribution in [0.2, 0.25) is 0 Å². The number of aryl methyl sites for hydroxylation is 1. The fourth-order valence-corrected chi connectivity index (χ4v) is 2.57. The predicted molar refractivity (Wildman–Crippen MR) is 76.5 cm³/mol. The van der Waals surface area contributed by atoms with Crippen molar-refractivity contribution in [3.63, 3.8) is 0 Å². The van der Waals surface area contributed by atoms with Crippen LogP contribution in [0.25, 0.3) is 0 Å². The number of nitrogens with one attached hydrogen (secondary N) is 2.